The van der Waals surface area contributed by atoms with E-state index in [1.54, 1.807) is 0 Å². The number of nitrogens with zero attached hydrogens (tertiary/aromatic N) is 2. The quantitative estimate of drug-likeness (QED) is 0.600. The van der Waals surface area contributed by atoms with E-state index < -0.39 is 27.7 Å². The molecule has 3 aromatic rings. The van der Waals surface area contributed by atoms with E-state index in [0.29, 0.717) is 13.1 Å². The summed E-state index contributed by atoms with van der Waals surface area (Å²) < 4.78 is 66.6. The molecule has 0 bridgehead atoms. The van der Waals surface area contributed by atoms with E-state index in [-0.39, 0.29) is 32.6 Å². The second kappa shape index (κ2) is 8.18. The van der Waals surface area contributed by atoms with Crippen LogP contribution in [0.2, 0.25) is 0 Å². The van der Waals surface area contributed by atoms with Gasteiger partial charge in [0, 0.05) is 24.0 Å². The molecule has 1 fully saturated rings. The van der Waals surface area contributed by atoms with Crippen molar-refractivity contribution in [3.05, 3.63) is 59.7 Å². The van der Waals surface area contributed by atoms with Gasteiger partial charge in [-0.05, 0) is 49.2 Å². The number of piperidine rings is 1. The molecule has 1 aliphatic rings. The molecule has 1 saturated heterocycles. The Balaban J connectivity index is 1.84. The average molecular weight is 464 g/mol. The molecule has 168 valence electrons. The number of benzene rings is 2. The molecule has 0 spiro atoms. The molecule has 32 heavy (non-hydrogen) atoms. The fourth-order valence-corrected chi connectivity index (χ4v) is 5.34. The number of carbonyl (C=O) groups is 1. The summed E-state index contributed by atoms with van der Waals surface area (Å²) in [5.74, 6) is -1.34. The fraction of sp³-hybridized carbons (Fsp3) is 0.273. The van der Waals surface area contributed by atoms with Gasteiger partial charge in [0.2, 0.25) is 10.0 Å². The molecular formula is C22H19F3N2O4S. The molecule has 0 atom stereocenters. The van der Waals surface area contributed by atoms with E-state index in [0.717, 1.165) is 37.5 Å². The van der Waals surface area contributed by atoms with Gasteiger partial charge in [0.1, 0.15) is 0 Å². The first-order chi connectivity index (χ1) is 15.1. The molecule has 0 radical (unpaired) electrons. The van der Waals surface area contributed by atoms with Gasteiger partial charge < -0.3 is 5.11 Å². The number of aromatic carboxylic acids is 1. The topological polar surface area (TPSA) is 87.6 Å². The molecule has 2 heterocycles. The van der Waals surface area contributed by atoms with Gasteiger partial charge in [-0.3, -0.25) is 0 Å². The second-order valence-corrected chi connectivity index (χ2v) is 9.52. The predicted octanol–water partition coefficient (Wildman–Crippen LogP) is 4.79. The van der Waals surface area contributed by atoms with Crippen molar-refractivity contribution in [2.24, 2.45) is 0 Å². The van der Waals surface area contributed by atoms with Crippen LogP contribution < -0.4 is 0 Å². The Morgan fingerprint density at radius 1 is 1.00 bits per heavy atom. The van der Waals surface area contributed by atoms with Crippen molar-refractivity contribution >= 4 is 26.9 Å². The van der Waals surface area contributed by atoms with Crippen LogP contribution in [-0.4, -0.2) is 41.9 Å². The highest BCUT2D eigenvalue weighted by atomic mass is 32.2. The fourth-order valence-electron chi connectivity index (χ4n) is 3.80. The van der Waals surface area contributed by atoms with Crippen LogP contribution >= 0.6 is 0 Å². The Bertz CT molecular complexity index is 1300. The van der Waals surface area contributed by atoms with Crippen molar-refractivity contribution in [1.29, 1.82) is 0 Å². The van der Waals surface area contributed by atoms with Crippen molar-refractivity contribution in [1.82, 2.24) is 9.29 Å². The van der Waals surface area contributed by atoms with Crippen molar-refractivity contribution in [2.75, 3.05) is 13.1 Å². The number of hydrogen-bond donors (Lipinski definition) is 1. The molecule has 1 N–H and O–H groups in total. The summed E-state index contributed by atoms with van der Waals surface area (Å²) >= 11 is 0. The van der Waals surface area contributed by atoms with E-state index in [4.69, 9.17) is 0 Å². The van der Waals surface area contributed by atoms with Crippen molar-refractivity contribution in [3.63, 3.8) is 0 Å². The summed E-state index contributed by atoms with van der Waals surface area (Å²) in [6, 6.07) is 9.61. The van der Waals surface area contributed by atoms with Crippen LogP contribution in [0.4, 0.5) is 13.2 Å². The van der Waals surface area contributed by atoms with E-state index in [1.807, 2.05) is 0 Å². The van der Waals surface area contributed by atoms with E-state index in [9.17, 15) is 31.5 Å². The summed E-state index contributed by atoms with van der Waals surface area (Å²) in [5, 5.41) is 9.82. The monoisotopic (exact) mass is 464 g/mol. The predicted molar refractivity (Wildman–Crippen MR) is 112 cm³/mol. The van der Waals surface area contributed by atoms with Crippen LogP contribution in [0.1, 0.15) is 35.2 Å². The number of alkyl halides is 3. The lowest BCUT2D eigenvalue weighted by Crippen LogP contribution is -2.35. The number of carboxylic acid groups (broad SMARTS) is 1. The van der Waals surface area contributed by atoms with Crippen LogP contribution in [0.15, 0.2) is 53.4 Å². The van der Waals surface area contributed by atoms with E-state index >= 15 is 0 Å². The molecule has 0 saturated carbocycles. The van der Waals surface area contributed by atoms with Gasteiger partial charge in [-0.25, -0.2) is 18.2 Å². The van der Waals surface area contributed by atoms with Gasteiger partial charge in [-0.1, -0.05) is 18.6 Å². The smallest absolute Gasteiger partial charge is 0.416 e. The maximum Gasteiger partial charge on any atom is 0.416 e. The number of halogens is 3. The number of rotatable bonds is 4. The first kappa shape index (κ1) is 22.2. The van der Waals surface area contributed by atoms with Crippen molar-refractivity contribution in [3.8, 4) is 11.3 Å². The maximum atomic E-state index is 13.1. The molecule has 10 heteroatoms. The number of aromatic nitrogens is 1. The summed E-state index contributed by atoms with van der Waals surface area (Å²) in [6.45, 7) is 0.803. The standard InChI is InChI=1S/C22H19F3N2O4S/c23-22(24,25)15-6-4-5-14(11-15)20-13-18(21(28)29)17-12-16(7-8-19(17)26-20)32(30,31)27-9-2-1-3-10-27/h4-8,11-13H,1-3,9-10H2,(H,28,29). The lowest BCUT2D eigenvalue weighted by Gasteiger charge is -2.26. The van der Waals surface area contributed by atoms with Crippen LogP contribution in [0.5, 0.6) is 0 Å². The molecule has 2 aromatic carbocycles. The van der Waals surface area contributed by atoms with E-state index in [2.05, 4.69) is 4.98 Å². The molecule has 1 aliphatic heterocycles. The number of carboxylic acids is 1. The molecule has 4 rings (SSSR count). The van der Waals surface area contributed by atoms with Gasteiger partial charge >= 0.3 is 12.1 Å². The average Bonchev–Trinajstić information content (AvgIpc) is 2.78. The highest BCUT2D eigenvalue weighted by molar-refractivity contribution is 7.89. The Morgan fingerprint density at radius 2 is 1.72 bits per heavy atom. The third kappa shape index (κ3) is 4.20. The third-order valence-corrected chi connectivity index (χ3v) is 7.34. The van der Waals surface area contributed by atoms with Crippen LogP contribution in [0, 0.1) is 0 Å². The molecular weight excluding hydrogens is 445 g/mol. The SMILES string of the molecule is O=C(O)c1cc(-c2cccc(C(F)(F)F)c2)nc2ccc(S(=O)(=O)N3CCCCC3)cc12. The molecule has 0 unspecified atom stereocenters. The first-order valence-electron chi connectivity index (χ1n) is 9.93. The Labute approximate surface area is 182 Å². The van der Waals surface area contributed by atoms with Crippen molar-refractivity contribution < 1.29 is 31.5 Å². The Morgan fingerprint density at radius 3 is 2.38 bits per heavy atom. The minimum Gasteiger partial charge on any atom is -0.478 e. The Kier molecular flexibility index (Phi) is 5.68. The number of hydrogen-bond acceptors (Lipinski definition) is 4. The van der Waals surface area contributed by atoms with Crippen LogP contribution in [-0.2, 0) is 16.2 Å². The molecule has 0 amide bonds. The number of fused-ring (bicyclic) bond motifs is 1. The number of pyridine rings is 1. The Hall–Kier alpha value is -2.98. The lowest BCUT2D eigenvalue weighted by molar-refractivity contribution is -0.137. The van der Waals surface area contributed by atoms with Crippen LogP contribution in [0.3, 0.4) is 0 Å². The maximum absolute atomic E-state index is 13.1. The highest BCUT2D eigenvalue weighted by Gasteiger charge is 2.31. The molecule has 6 nitrogen and oxygen atoms in total. The van der Waals surface area contributed by atoms with Crippen LogP contribution in [0.25, 0.3) is 22.2 Å². The van der Waals surface area contributed by atoms with Gasteiger partial charge in [0.25, 0.3) is 0 Å². The lowest BCUT2D eigenvalue weighted by atomic mass is 10.0. The van der Waals surface area contributed by atoms with Gasteiger partial charge in [-0.2, -0.15) is 17.5 Å². The zero-order valence-corrected chi connectivity index (χ0v) is 17.6. The largest absolute Gasteiger partial charge is 0.478 e. The van der Waals surface area contributed by atoms with Gasteiger partial charge in [0.05, 0.1) is 27.2 Å². The minimum absolute atomic E-state index is 0.0389. The third-order valence-electron chi connectivity index (χ3n) is 5.45. The minimum atomic E-state index is -4.56. The van der Waals surface area contributed by atoms with Gasteiger partial charge in [-0.15, -0.1) is 0 Å². The van der Waals surface area contributed by atoms with Gasteiger partial charge in [0.15, 0.2) is 0 Å². The van der Waals surface area contributed by atoms with Crippen molar-refractivity contribution in [2.45, 2.75) is 30.3 Å². The zero-order chi connectivity index (χ0) is 23.1. The highest BCUT2D eigenvalue weighted by Crippen LogP contribution is 2.33. The zero-order valence-electron chi connectivity index (χ0n) is 16.8. The first-order valence-corrected chi connectivity index (χ1v) is 11.4. The summed E-state index contributed by atoms with van der Waals surface area (Å²) in [6.07, 6.45) is -2.08. The normalized spacial score (nSPS) is 15.7. The summed E-state index contributed by atoms with van der Waals surface area (Å²) in [7, 11) is -3.79. The molecule has 0 aliphatic carbocycles. The summed E-state index contributed by atoms with van der Waals surface area (Å²) in [5.41, 5.74) is -0.786. The summed E-state index contributed by atoms with van der Waals surface area (Å²) in [4.78, 5) is 16.2. The second-order valence-electron chi connectivity index (χ2n) is 7.58. The van der Waals surface area contributed by atoms with E-state index in [1.165, 1.54) is 34.6 Å². The number of sulfonamides is 1. The molecule has 1 aromatic heterocycles.